The summed E-state index contributed by atoms with van der Waals surface area (Å²) in [6.07, 6.45) is 0.631. The van der Waals surface area contributed by atoms with Crippen molar-refractivity contribution in [3.63, 3.8) is 0 Å². The largest absolute Gasteiger partial charge is 0.481 e. The smallest absolute Gasteiger partial charge is 0.303 e. The molecule has 2 aromatic rings. The Bertz CT molecular complexity index is 488. The van der Waals surface area contributed by atoms with Crippen LogP contribution in [-0.4, -0.2) is 21.3 Å². The van der Waals surface area contributed by atoms with Crippen molar-refractivity contribution in [1.29, 1.82) is 0 Å². The van der Waals surface area contributed by atoms with Gasteiger partial charge in [-0.05, 0) is 30.4 Å². The summed E-state index contributed by atoms with van der Waals surface area (Å²) < 4.78 is 0. The van der Waals surface area contributed by atoms with Crippen LogP contribution in [0.4, 0.5) is 0 Å². The minimum absolute atomic E-state index is 0.132. The summed E-state index contributed by atoms with van der Waals surface area (Å²) in [4.78, 5) is 11.6. The molecule has 2 heterocycles. The highest BCUT2D eigenvalue weighted by Crippen LogP contribution is 2.27. The summed E-state index contributed by atoms with van der Waals surface area (Å²) in [5.74, 6) is -0.785. The molecular weight excluding hydrogens is 224 g/mol. The summed E-state index contributed by atoms with van der Waals surface area (Å²) >= 11 is 1.63. The Morgan fingerprint density at radius 2 is 2.44 bits per heavy atom. The van der Waals surface area contributed by atoms with Gasteiger partial charge in [0.1, 0.15) is 5.69 Å². The van der Waals surface area contributed by atoms with Gasteiger partial charge in [0.25, 0.3) is 0 Å². The van der Waals surface area contributed by atoms with Crippen molar-refractivity contribution in [3.05, 3.63) is 28.8 Å². The van der Waals surface area contributed by atoms with E-state index < -0.39 is 5.97 Å². The molecule has 0 bridgehead atoms. The van der Waals surface area contributed by atoms with Crippen LogP contribution in [0.15, 0.2) is 17.5 Å². The van der Waals surface area contributed by atoms with Crippen molar-refractivity contribution in [2.24, 2.45) is 0 Å². The highest BCUT2D eigenvalue weighted by Gasteiger charge is 2.12. The maximum Gasteiger partial charge on any atom is 0.303 e. The van der Waals surface area contributed by atoms with Gasteiger partial charge in [0.2, 0.25) is 0 Å². The summed E-state index contributed by atoms with van der Waals surface area (Å²) in [5, 5.41) is 17.8. The second kappa shape index (κ2) is 4.49. The van der Waals surface area contributed by atoms with Gasteiger partial charge in [0.05, 0.1) is 11.3 Å². The monoisotopic (exact) mass is 236 g/mol. The lowest BCUT2D eigenvalue weighted by Crippen LogP contribution is -1.98. The quantitative estimate of drug-likeness (QED) is 0.857. The average molecular weight is 236 g/mol. The molecule has 0 aliphatic heterocycles. The molecule has 0 fully saturated rings. The van der Waals surface area contributed by atoms with Crippen molar-refractivity contribution in [3.8, 4) is 10.6 Å². The molecule has 0 saturated heterocycles. The minimum Gasteiger partial charge on any atom is -0.481 e. The lowest BCUT2D eigenvalue weighted by molar-refractivity contribution is -0.136. The van der Waals surface area contributed by atoms with Gasteiger partial charge in [0, 0.05) is 5.69 Å². The predicted octanol–water partition coefficient (Wildman–Crippen LogP) is 2.46. The van der Waals surface area contributed by atoms with Gasteiger partial charge in [-0.3, -0.25) is 9.89 Å². The first kappa shape index (κ1) is 10.9. The van der Waals surface area contributed by atoms with Crippen LogP contribution >= 0.6 is 11.3 Å². The number of aromatic nitrogens is 2. The van der Waals surface area contributed by atoms with Crippen LogP contribution in [0.3, 0.4) is 0 Å². The van der Waals surface area contributed by atoms with E-state index in [1.54, 1.807) is 11.3 Å². The number of aryl methyl sites for hydroxylation is 1. The number of hydrogen-bond acceptors (Lipinski definition) is 3. The molecule has 0 aliphatic carbocycles. The van der Waals surface area contributed by atoms with E-state index in [0.717, 1.165) is 21.8 Å². The highest BCUT2D eigenvalue weighted by atomic mass is 32.1. The number of hydrogen-bond donors (Lipinski definition) is 2. The van der Waals surface area contributed by atoms with E-state index in [1.807, 2.05) is 24.4 Å². The van der Waals surface area contributed by atoms with Gasteiger partial charge >= 0.3 is 5.97 Å². The molecule has 16 heavy (non-hydrogen) atoms. The molecule has 2 aromatic heterocycles. The van der Waals surface area contributed by atoms with Crippen molar-refractivity contribution in [2.45, 2.75) is 19.8 Å². The number of rotatable bonds is 4. The van der Waals surface area contributed by atoms with Crippen LogP contribution in [0, 0.1) is 6.92 Å². The second-order valence-electron chi connectivity index (χ2n) is 3.55. The van der Waals surface area contributed by atoms with E-state index in [9.17, 15) is 4.79 Å². The standard InChI is InChI=1S/C11H12N2O2S/c1-7-8(4-5-10(14)15)12-13-11(7)9-3-2-6-16-9/h2-3,6H,4-5H2,1H3,(H,12,13)(H,14,15). The molecule has 4 nitrogen and oxygen atoms in total. The zero-order chi connectivity index (χ0) is 11.5. The van der Waals surface area contributed by atoms with Gasteiger partial charge in [-0.25, -0.2) is 0 Å². The number of carboxylic acids is 1. The van der Waals surface area contributed by atoms with Crippen molar-refractivity contribution < 1.29 is 9.90 Å². The SMILES string of the molecule is Cc1c(-c2cccs2)n[nH]c1CCC(=O)O. The molecule has 2 rings (SSSR count). The van der Waals surface area contributed by atoms with E-state index in [-0.39, 0.29) is 6.42 Å². The second-order valence-corrected chi connectivity index (χ2v) is 4.49. The summed E-state index contributed by atoms with van der Waals surface area (Å²) in [6, 6.07) is 3.99. The number of nitrogens with one attached hydrogen (secondary N) is 1. The lowest BCUT2D eigenvalue weighted by atomic mass is 10.1. The van der Waals surface area contributed by atoms with E-state index in [0.29, 0.717) is 6.42 Å². The Morgan fingerprint density at radius 3 is 3.06 bits per heavy atom. The van der Waals surface area contributed by atoms with Gasteiger partial charge in [-0.1, -0.05) is 6.07 Å². The van der Waals surface area contributed by atoms with E-state index in [1.165, 1.54) is 0 Å². The molecule has 0 amide bonds. The van der Waals surface area contributed by atoms with Crippen LogP contribution in [0.25, 0.3) is 10.6 Å². The Morgan fingerprint density at radius 1 is 1.62 bits per heavy atom. The van der Waals surface area contributed by atoms with Crippen LogP contribution in [-0.2, 0) is 11.2 Å². The number of aromatic amines is 1. The molecule has 0 aliphatic rings. The Balaban J connectivity index is 2.21. The van der Waals surface area contributed by atoms with E-state index in [2.05, 4.69) is 10.2 Å². The van der Waals surface area contributed by atoms with Crippen LogP contribution in [0.1, 0.15) is 17.7 Å². The van der Waals surface area contributed by atoms with Crippen LogP contribution in [0.2, 0.25) is 0 Å². The molecule has 0 aromatic carbocycles. The van der Waals surface area contributed by atoms with Crippen molar-refractivity contribution in [1.82, 2.24) is 10.2 Å². The predicted molar refractivity (Wildman–Crippen MR) is 62.6 cm³/mol. The summed E-state index contributed by atoms with van der Waals surface area (Å²) in [7, 11) is 0. The van der Waals surface area contributed by atoms with Crippen LogP contribution < -0.4 is 0 Å². The fraction of sp³-hybridized carbons (Fsp3) is 0.273. The molecule has 84 valence electrons. The Kier molecular flexibility index (Phi) is 3.05. The summed E-state index contributed by atoms with van der Waals surface area (Å²) in [6.45, 7) is 1.97. The number of nitrogens with zero attached hydrogens (tertiary/aromatic N) is 1. The number of carbonyl (C=O) groups is 1. The van der Waals surface area contributed by atoms with Gasteiger partial charge in [-0.15, -0.1) is 11.3 Å². The van der Waals surface area contributed by atoms with Crippen molar-refractivity contribution in [2.75, 3.05) is 0 Å². The first-order chi connectivity index (χ1) is 7.68. The first-order valence-electron chi connectivity index (χ1n) is 4.98. The Hall–Kier alpha value is -1.62. The number of H-pyrrole nitrogens is 1. The fourth-order valence-corrected chi connectivity index (χ4v) is 2.33. The van der Waals surface area contributed by atoms with E-state index >= 15 is 0 Å². The fourth-order valence-electron chi connectivity index (χ4n) is 1.56. The van der Waals surface area contributed by atoms with Crippen molar-refractivity contribution >= 4 is 17.3 Å². The molecule has 0 radical (unpaired) electrons. The minimum atomic E-state index is -0.785. The summed E-state index contributed by atoms with van der Waals surface area (Å²) in [5.41, 5.74) is 2.88. The average Bonchev–Trinajstić information content (AvgIpc) is 2.84. The maximum absolute atomic E-state index is 10.5. The number of thiophene rings is 1. The third-order valence-corrected chi connectivity index (χ3v) is 3.33. The zero-order valence-corrected chi connectivity index (χ0v) is 9.67. The molecule has 0 unspecified atom stereocenters. The van der Waals surface area contributed by atoms with Gasteiger partial charge < -0.3 is 5.11 Å². The topological polar surface area (TPSA) is 66.0 Å². The molecule has 5 heteroatoms. The third kappa shape index (κ3) is 2.14. The highest BCUT2D eigenvalue weighted by molar-refractivity contribution is 7.13. The molecule has 0 spiro atoms. The van der Waals surface area contributed by atoms with Gasteiger partial charge in [0.15, 0.2) is 0 Å². The molecule has 2 N–H and O–H groups in total. The molecular formula is C11H12N2O2S. The normalized spacial score (nSPS) is 10.6. The Labute approximate surface area is 96.9 Å². The van der Waals surface area contributed by atoms with E-state index in [4.69, 9.17) is 5.11 Å². The van der Waals surface area contributed by atoms with Gasteiger partial charge in [-0.2, -0.15) is 5.10 Å². The maximum atomic E-state index is 10.5. The lowest BCUT2D eigenvalue weighted by Gasteiger charge is -1.96. The molecule has 0 atom stereocenters. The third-order valence-electron chi connectivity index (χ3n) is 2.45. The number of aliphatic carboxylic acids is 1. The number of carboxylic acid groups (broad SMARTS) is 1. The first-order valence-corrected chi connectivity index (χ1v) is 5.86. The molecule has 0 saturated carbocycles. The van der Waals surface area contributed by atoms with Crippen LogP contribution in [0.5, 0.6) is 0 Å². The zero-order valence-electron chi connectivity index (χ0n) is 8.86.